The molecule has 0 N–H and O–H groups in total. The van der Waals surface area contributed by atoms with Crippen LogP contribution in [0.1, 0.15) is 18.1 Å². The highest BCUT2D eigenvalue weighted by Crippen LogP contribution is 2.33. The minimum atomic E-state index is -1.68. The summed E-state index contributed by atoms with van der Waals surface area (Å²) in [7, 11) is 1.55. The highest BCUT2D eigenvalue weighted by Gasteiger charge is 2.35. The molecule has 0 bridgehead atoms. The zero-order valence-corrected chi connectivity index (χ0v) is 15.8. The third-order valence-corrected chi connectivity index (χ3v) is 4.40. The second-order valence-corrected chi connectivity index (χ2v) is 6.24. The Morgan fingerprint density at radius 2 is 1.55 bits per heavy atom. The maximum Gasteiger partial charge on any atom is 0.280 e. The third-order valence-electron chi connectivity index (χ3n) is 4.40. The van der Waals surface area contributed by atoms with Crippen molar-refractivity contribution >= 4 is 23.4 Å². The number of benzene rings is 2. The predicted octanol–water partition coefficient (Wildman–Crippen LogP) is 4.92. The van der Waals surface area contributed by atoms with E-state index >= 15 is 0 Å². The maximum atomic E-state index is 14.2. The molecule has 0 radical (unpaired) electrons. The molecule has 150 valence electrons. The molecule has 0 aromatic heterocycles. The fraction of sp³-hybridized carbons (Fsp3) is 0.143. The Morgan fingerprint density at radius 1 is 0.966 bits per heavy atom. The summed E-state index contributed by atoms with van der Waals surface area (Å²) in [5, 5.41) is 4.10. The molecule has 4 nitrogen and oxygen atoms in total. The number of nitrogens with zero attached hydrogens (tertiary/aromatic N) is 2. The molecule has 1 heterocycles. The number of ether oxygens (including phenoxy) is 1. The molecule has 0 spiro atoms. The second-order valence-electron chi connectivity index (χ2n) is 6.24. The van der Waals surface area contributed by atoms with Gasteiger partial charge >= 0.3 is 0 Å². The van der Waals surface area contributed by atoms with Crippen LogP contribution in [0.15, 0.2) is 47.1 Å². The van der Waals surface area contributed by atoms with Gasteiger partial charge in [0.2, 0.25) is 0 Å². The molecular weight excluding hydrogens is 388 g/mol. The van der Waals surface area contributed by atoms with E-state index in [1.807, 2.05) is 0 Å². The van der Waals surface area contributed by atoms with Crippen molar-refractivity contribution in [3.8, 4) is 5.75 Å². The van der Waals surface area contributed by atoms with Gasteiger partial charge in [0.15, 0.2) is 23.3 Å². The summed E-state index contributed by atoms with van der Waals surface area (Å²) in [6.45, 7) is 2.35. The largest absolute Gasteiger partial charge is 0.497 e. The van der Waals surface area contributed by atoms with E-state index in [1.54, 1.807) is 43.5 Å². The molecule has 29 heavy (non-hydrogen) atoms. The zero-order valence-electron chi connectivity index (χ0n) is 15.8. The number of carbonyl (C=O) groups is 1. The van der Waals surface area contributed by atoms with Crippen LogP contribution in [0.2, 0.25) is 0 Å². The molecular formula is C21H16F4N2O2. The van der Waals surface area contributed by atoms with Gasteiger partial charge < -0.3 is 4.74 Å². The van der Waals surface area contributed by atoms with Crippen molar-refractivity contribution in [2.24, 2.45) is 5.10 Å². The number of hydrogen-bond acceptors (Lipinski definition) is 3. The molecule has 8 heteroatoms. The van der Waals surface area contributed by atoms with Gasteiger partial charge in [-0.3, -0.25) is 4.79 Å². The van der Waals surface area contributed by atoms with Gasteiger partial charge in [0, 0.05) is 5.56 Å². The van der Waals surface area contributed by atoms with Gasteiger partial charge in [0.05, 0.1) is 18.4 Å². The van der Waals surface area contributed by atoms with Crippen LogP contribution in [0, 0.1) is 30.2 Å². The Bertz CT molecular complexity index is 1040. The first-order valence-electron chi connectivity index (χ1n) is 8.51. The summed E-state index contributed by atoms with van der Waals surface area (Å²) in [5.74, 6) is -6.72. The molecule has 1 aliphatic rings. The van der Waals surface area contributed by atoms with Crippen LogP contribution in [-0.4, -0.2) is 18.7 Å². The van der Waals surface area contributed by atoms with E-state index in [0.717, 1.165) is 12.5 Å². The Labute approximate surface area is 164 Å². The summed E-state index contributed by atoms with van der Waals surface area (Å²) in [6.07, 6.45) is 4.66. The third kappa shape index (κ3) is 3.65. The number of amides is 1. The summed E-state index contributed by atoms with van der Waals surface area (Å²) in [4.78, 5) is 12.6. The van der Waals surface area contributed by atoms with E-state index in [2.05, 4.69) is 5.10 Å². The van der Waals surface area contributed by atoms with Crippen molar-refractivity contribution in [3.05, 3.63) is 76.4 Å². The van der Waals surface area contributed by atoms with E-state index in [0.29, 0.717) is 10.8 Å². The smallest absolute Gasteiger partial charge is 0.280 e. The SMILES string of the molecule is COc1ccc(C=CC=C2C(=O)N(c3c(F)c(F)c(C)c(F)c3F)N=C2C)cc1. The van der Waals surface area contributed by atoms with Crippen molar-refractivity contribution < 1.29 is 27.1 Å². The summed E-state index contributed by atoms with van der Waals surface area (Å²) >= 11 is 0. The molecule has 0 fully saturated rings. The summed E-state index contributed by atoms with van der Waals surface area (Å²) < 4.78 is 61.2. The molecule has 2 aromatic rings. The van der Waals surface area contributed by atoms with E-state index in [1.165, 1.54) is 13.0 Å². The van der Waals surface area contributed by atoms with Gasteiger partial charge in [-0.15, -0.1) is 0 Å². The van der Waals surface area contributed by atoms with Crippen molar-refractivity contribution in [2.75, 3.05) is 12.1 Å². The zero-order chi connectivity index (χ0) is 21.3. The van der Waals surface area contributed by atoms with E-state index in [9.17, 15) is 22.4 Å². The van der Waals surface area contributed by atoms with Crippen molar-refractivity contribution in [3.63, 3.8) is 0 Å². The number of carbonyl (C=O) groups excluding carboxylic acids is 1. The molecule has 3 rings (SSSR count). The van der Waals surface area contributed by atoms with Crippen LogP contribution in [0.5, 0.6) is 5.75 Å². The monoisotopic (exact) mass is 404 g/mol. The average molecular weight is 404 g/mol. The molecule has 0 aliphatic carbocycles. The van der Waals surface area contributed by atoms with E-state index in [-0.39, 0.29) is 11.3 Å². The van der Waals surface area contributed by atoms with Gasteiger partial charge in [-0.05, 0) is 37.6 Å². The fourth-order valence-electron chi connectivity index (χ4n) is 2.75. The summed E-state index contributed by atoms with van der Waals surface area (Å²) in [5.41, 5.74) is -0.990. The number of rotatable bonds is 4. The molecule has 0 unspecified atom stereocenters. The van der Waals surface area contributed by atoms with Crippen LogP contribution in [0.3, 0.4) is 0 Å². The predicted molar refractivity (Wildman–Crippen MR) is 102 cm³/mol. The maximum absolute atomic E-state index is 14.2. The first kappa shape index (κ1) is 20.3. The summed E-state index contributed by atoms with van der Waals surface area (Å²) in [6, 6.07) is 7.10. The lowest BCUT2D eigenvalue weighted by Crippen LogP contribution is -2.25. The molecule has 2 aromatic carbocycles. The van der Waals surface area contributed by atoms with Crippen molar-refractivity contribution in [1.82, 2.24) is 0 Å². The lowest BCUT2D eigenvalue weighted by molar-refractivity contribution is -0.114. The van der Waals surface area contributed by atoms with Crippen LogP contribution in [0.4, 0.5) is 23.2 Å². The molecule has 0 saturated heterocycles. The van der Waals surface area contributed by atoms with Gasteiger partial charge in [-0.25, -0.2) is 17.6 Å². The van der Waals surface area contributed by atoms with Gasteiger partial charge in [-0.1, -0.05) is 24.3 Å². The normalized spacial score (nSPS) is 15.6. The minimum absolute atomic E-state index is 0.0370. The topological polar surface area (TPSA) is 41.9 Å². The van der Waals surface area contributed by atoms with Gasteiger partial charge in [-0.2, -0.15) is 10.1 Å². The fourth-order valence-corrected chi connectivity index (χ4v) is 2.75. The van der Waals surface area contributed by atoms with Crippen LogP contribution < -0.4 is 9.75 Å². The first-order valence-corrected chi connectivity index (χ1v) is 8.51. The number of anilines is 1. The highest BCUT2D eigenvalue weighted by atomic mass is 19.2. The average Bonchev–Trinajstić information content (AvgIpc) is 2.99. The van der Waals surface area contributed by atoms with E-state index < -0.39 is 40.4 Å². The quantitative estimate of drug-likeness (QED) is 0.412. The standard InChI is InChI=1S/C21H16F4N2O2/c1-11-16(22)18(24)20(19(25)17(11)23)27-21(28)15(12(2)26-27)6-4-5-13-7-9-14(29-3)10-8-13/h4-10H,1-3H3. The first-order chi connectivity index (χ1) is 13.8. The number of halogens is 4. The molecule has 0 atom stereocenters. The van der Waals surface area contributed by atoms with Gasteiger partial charge in [0.1, 0.15) is 11.4 Å². The molecule has 1 aliphatic heterocycles. The van der Waals surface area contributed by atoms with E-state index in [4.69, 9.17) is 4.74 Å². The highest BCUT2D eigenvalue weighted by molar-refractivity contribution is 6.29. The lowest BCUT2D eigenvalue weighted by Gasteiger charge is -2.15. The number of hydrazone groups is 1. The van der Waals surface area contributed by atoms with Crippen LogP contribution in [-0.2, 0) is 4.79 Å². The van der Waals surface area contributed by atoms with Crippen molar-refractivity contribution in [2.45, 2.75) is 13.8 Å². The Kier molecular flexibility index (Phi) is 5.54. The number of methoxy groups -OCH3 is 1. The van der Waals surface area contributed by atoms with Gasteiger partial charge in [0.25, 0.3) is 5.91 Å². The van der Waals surface area contributed by atoms with Crippen LogP contribution >= 0.6 is 0 Å². The number of hydrogen-bond donors (Lipinski definition) is 0. The lowest BCUT2D eigenvalue weighted by atomic mass is 10.1. The Morgan fingerprint density at radius 3 is 2.10 bits per heavy atom. The Balaban J connectivity index is 1.91. The van der Waals surface area contributed by atoms with Crippen LogP contribution in [0.25, 0.3) is 6.08 Å². The second kappa shape index (κ2) is 7.90. The number of allylic oxidation sites excluding steroid dienone is 2. The minimum Gasteiger partial charge on any atom is -0.497 e. The molecule has 0 saturated carbocycles. The molecule has 1 amide bonds. The van der Waals surface area contributed by atoms with Crippen molar-refractivity contribution in [1.29, 1.82) is 0 Å². The Hall–Kier alpha value is -3.42.